The minimum atomic E-state index is 0.780. The lowest BCUT2D eigenvalue weighted by Crippen LogP contribution is -2.37. The minimum Gasteiger partial charge on any atom is -0.320 e. The Kier molecular flexibility index (Phi) is 4.99. The molecular weight excluding hydrogens is 156 g/mol. The lowest BCUT2D eigenvalue weighted by Gasteiger charge is -2.22. The molecule has 0 aromatic rings. The van der Waals surface area contributed by atoms with E-state index in [2.05, 4.69) is 22.4 Å². The van der Waals surface area contributed by atoms with E-state index in [9.17, 15) is 0 Å². The summed E-state index contributed by atoms with van der Waals surface area (Å²) in [6.07, 6.45) is 2.63. The highest BCUT2D eigenvalue weighted by Gasteiger charge is 2.11. The molecule has 0 aromatic carbocycles. The van der Waals surface area contributed by atoms with Gasteiger partial charge in [0.1, 0.15) is 0 Å². The molecule has 0 bridgehead atoms. The van der Waals surface area contributed by atoms with Crippen molar-refractivity contribution < 1.29 is 0 Å². The topological polar surface area (TPSA) is 24.1 Å². The third-order valence-electron chi connectivity index (χ3n) is 1.98. The van der Waals surface area contributed by atoms with Gasteiger partial charge in [0.05, 0.1) is 0 Å². The molecule has 2 N–H and O–H groups in total. The lowest BCUT2D eigenvalue weighted by molar-refractivity contribution is 0.505. The zero-order valence-corrected chi connectivity index (χ0v) is 8.04. The summed E-state index contributed by atoms with van der Waals surface area (Å²) in [6, 6.07) is 0.780. The Morgan fingerprint density at radius 3 is 3.18 bits per heavy atom. The Bertz CT molecular complexity index is 92.1. The van der Waals surface area contributed by atoms with Crippen LogP contribution in [0.1, 0.15) is 12.8 Å². The molecule has 0 spiro atoms. The molecule has 0 amide bonds. The predicted molar refractivity (Wildman–Crippen MR) is 52.3 cm³/mol. The van der Waals surface area contributed by atoms with Crippen molar-refractivity contribution in [3.63, 3.8) is 0 Å². The molecule has 1 atom stereocenters. The molecule has 3 heteroatoms. The standard InChI is InChI=1S/C8H18N2S/c1-9-4-2-3-8-7-11-6-5-10-8/h8-10H,2-7H2,1H3. The van der Waals surface area contributed by atoms with E-state index < -0.39 is 0 Å². The summed E-state index contributed by atoms with van der Waals surface area (Å²) in [5.74, 6) is 2.60. The van der Waals surface area contributed by atoms with Crippen LogP contribution in [0.5, 0.6) is 0 Å². The van der Waals surface area contributed by atoms with Gasteiger partial charge in [-0.05, 0) is 26.4 Å². The minimum absolute atomic E-state index is 0.780. The van der Waals surface area contributed by atoms with Gasteiger partial charge in [-0.2, -0.15) is 11.8 Å². The quantitative estimate of drug-likeness (QED) is 0.613. The largest absolute Gasteiger partial charge is 0.320 e. The summed E-state index contributed by atoms with van der Waals surface area (Å²) < 4.78 is 0. The van der Waals surface area contributed by atoms with Crippen LogP contribution in [0, 0.1) is 0 Å². The first-order valence-corrected chi connectivity index (χ1v) is 5.54. The average molecular weight is 174 g/mol. The third kappa shape index (κ3) is 3.99. The van der Waals surface area contributed by atoms with Gasteiger partial charge in [0.2, 0.25) is 0 Å². The molecule has 1 heterocycles. The number of thioether (sulfide) groups is 1. The van der Waals surface area contributed by atoms with E-state index in [0.717, 1.165) is 12.6 Å². The number of hydrogen-bond acceptors (Lipinski definition) is 3. The van der Waals surface area contributed by atoms with Gasteiger partial charge in [-0.1, -0.05) is 0 Å². The van der Waals surface area contributed by atoms with Crippen LogP contribution in [-0.4, -0.2) is 37.7 Å². The monoisotopic (exact) mass is 174 g/mol. The fourth-order valence-electron chi connectivity index (χ4n) is 1.33. The second-order valence-electron chi connectivity index (χ2n) is 2.97. The summed E-state index contributed by atoms with van der Waals surface area (Å²) in [5, 5.41) is 6.70. The molecule has 1 rings (SSSR count). The van der Waals surface area contributed by atoms with Crippen LogP contribution < -0.4 is 10.6 Å². The molecule has 1 saturated heterocycles. The first-order valence-electron chi connectivity index (χ1n) is 4.39. The van der Waals surface area contributed by atoms with E-state index in [4.69, 9.17) is 0 Å². The highest BCUT2D eigenvalue weighted by Crippen LogP contribution is 2.10. The zero-order chi connectivity index (χ0) is 7.94. The van der Waals surface area contributed by atoms with Gasteiger partial charge in [0.15, 0.2) is 0 Å². The van der Waals surface area contributed by atoms with Crippen molar-refractivity contribution in [3.05, 3.63) is 0 Å². The summed E-state index contributed by atoms with van der Waals surface area (Å²) in [6.45, 7) is 2.36. The fourth-order valence-corrected chi connectivity index (χ4v) is 2.33. The van der Waals surface area contributed by atoms with Crippen LogP contribution in [-0.2, 0) is 0 Å². The Morgan fingerprint density at radius 1 is 1.64 bits per heavy atom. The summed E-state index contributed by atoms with van der Waals surface area (Å²) in [5.41, 5.74) is 0. The normalized spacial score (nSPS) is 25.4. The molecule has 2 nitrogen and oxygen atoms in total. The lowest BCUT2D eigenvalue weighted by atomic mass is 10.2. The molecule has 0 saturated carbocycles. The average Bonchev–Trinajstić information content (AvgIpc) is 2.07. The summed E-state index contributed by atoms with van der Waals surface area (Å²) in [4.78, 5) is 0. The maximum atomic E-state index is 3.53. The maximum absolute atomic E-state index is 3.53. The van der Waals surface area contributed by atoms with Crippen LogP contribution in [0.4, 0.5) is 0 Å². The molecule has 0 aromatic heterocycles. The third-order valence-corrected chi connectivity index (χ3v) is 3.11. The molecule has 1 aliphatic heterocycles. The Morgan fingerprint density at radius 2 is 2.55 bits per heavy atom. The number of hydrogen-bond donors (Lipinski definition) is 2. The van der Waals surface area contributed by atoms with Gasteiger partial charge in [0.25, 0.3) is 0 Å². The second-order valence-corrected chi connectivity index (χ2v) is 4.12. The van der Waals surface area contributed by atoms with Gasteiger partial charge in [-0.3, -0.25) is 0 Å². The van der Waals surface area contributed by atoms with Crippen molar-refractivity contribution in [2.24, 2.45) is 0 Å². The van der Waals surface area contributed by atoms with Gasteiger partial charge in [0, 0.05) is 24.1 Å². The van der Waals surface area contributed by atoms with Crippen molar-refractivity contribution in [1.82, 2.24) is 10.6 Å². The van der Waals surface area contributed by atoms with Gasteiger partial charge < -0.3 is 10.6 Å². The van der Waals surface area contributed by atoms with Crippen LogP contribution >= 0.6 is 11.8 Å². The SMILES string of the molecule is CNCCCC1CSCCN1. The second kappa shape index (κ2) is 5.86. The first-order chi connectivity index (χ1) is 5.43. The highest BCUT2D eigenvalue weighted by molar-refractivity contribution is 7.99. The van der Waals surface area contributed by atoms with E-state index in [-0.39, 0.29) is 0 Å². The van der Waals surface area contributed by atoms with E-state index in [1.165, 1.54) is 30.9 Å². The van der Waals surface area contributed by atoms with Crippen LogP contribution in [0.3, 0.4) is 0 Å². The van der Waals surface area contributed by atoms with Crippen molar-refractivity contribution >= 4 is 11.8 Å². The molecule has 1 fully saturated rings. The number of rotatable bonds is 4. The van der Waals surface area contributed by atoms with Crippen LogP contribution in [0.15, 0.2) is 0 Å². The first kappa shape index (κ1) is 9.36. The van der Waals surface area contributed by atoms with Crippen molar-refractivity contribution in [3.8, 4) is 0 Å². The zero-order valence-electron chi connectivity index (χ0n) is 7.23. The highest BCUT2D eigenvalue weighted by atomic mass is 32.2. The molecule has 1 unspecified atom stereocenters. The van der Waals surface area contributed by atoms with Crippen LogP contribution in [0.2, 0.25) is 0 Å². The van der Waals surface area contributed by atoms with Crippen LogP contribution in [0.25, 0.3) is 0 Å². The molecule has 11 heavy (non-hydrogen) atoms. The Labute approximate surface area is 73.5 Å². The van der Waals surface area contributed by atoms with Crippen molar-refractivity contribution in [2.45, 2.75) is 18.9 Å². The molecule has 0 radical (unpaired) electrons. The van der Waals surface area contributed by atoms with E-state index in [1.807, 2.05) is 7.05 Å². The molecule has 1 aliphatic rings. The molecular formula is C8H18N2S. The van der Waals surface area contributed by atoms with E-state index in [1.54, 1.807) is 0 Å². The van der Waals surface area contributed by atoms with Crippen molar-refractivity contribution in [2.75, 3.05) is 31.6 Å². The fraction of sp³-hybridized carbons (Fsp3) is 1.00. The Balaban J connectivity index is 1.96. The Hall–Kier alpha value is 0.270. The number of nitrogens with one attached hydrogen (secondary N) is 2. The van der Waals surface area contributed by atoms with Crippen molar-refractivity contribution in [1.29, 1.82) is 0 Å². The van der Waals surface area contributed by atoms with Gasteiger partial charge >= 0.3 is 0 Å². The predicted octanol–water partition coefficient (Wildman–Crippen LogP) is 0.691. The van der Waals surface area contributed by atoms with Gasteiger partial charge in [-0.15, -0.1) is 0 Å². The summed E-state index contributed by atoms with van der Waals surface area (Å²) in [7, 11) is 2.02. The maximum Gasteiger partial charge on any atom is 0.0159 e. The molecule has 66 valence electrons. The van der Waals surface area contributed by atoms with E-state index >= 15 is 0 Å². The summed E-state index contributed by atoms with van der Waals surface area (Å²) >= 11 is 2.08. The smallest absolute Gasteiger partial charge is 0.0159 e. The van der Waals surface area contributed by atoms with E-state index in [0.29, 0.717) is 0 Å². The van der Waals surface area contributed by atoms with Gasteiger partial charge in [-0.25, -0.2) is 0 Å². The molecule has 0 aliphatic carbocycles.